The highest BCUT2D eigenvalue weighted by molar-refractivity contribution is 5.76. The van der Waals surface area contributed by atoms with Crippen molar-refractivity contribution >= 4 is 5.91 Å². The Morgan fingerprint density at radius 1 is 1.20 bits per heavy atom. The number of hydrogen-bond acceptors (Lipinski definition) is 3. The van der Waals surface area contributed by atoms with Crippen molar-refractivity contribution in [2.45, 2.75) is 76.9 Å². The van der Waals surface area contributed by atoms with E-state index in [0.717, 1.165) is 19.6 Å². The van der Waals surface area contributed by atoms with E-state index in [0.29, 0.717) is 18.5 Å². The van der Waals surface area contributed by atoms with Gasteiger partial charge in [0.2, 0.25) is 5.91 Å². The van der Waals surface area contributed by atoms with Crippen molar-refractivity contribution in [1.29, 1.82) is 0 Å². The van der Waals surface area contributed by atoms with Gasteiger partial charge < -0.3 is 10.6 Å². The van der Waals surface area contributed by atoms with Crippen molar-refractivity contribution in [1.82, 2.24) is 15.5 Å². The predicted octanol–water partition coefficient (Wildman–Crippen LogP) is 1.90. The minimum absolute atomic E-state index is 0.173. The highest BCUT2D eigenvalue weighted by Crippen LogP contribution is 2.20. The highest BCUT2D eigenvalue weighted by atomic mass is 16.1. The second-order valence-corrected chi connectivity index (χ2v) is 7.41. The maximum Gasteiger partial charge on any atom is 0.221 e. The molecule has 0 aromatic carbocycles. The van der Waals surface area contributed by atoms with E-state index >= 15 is 0 Å². The van der Waals surface area contributed by atoms with Crippen molar-refractivity contribution in [3.05, 3.63) is 0 Å². The third kappa shape index (κ3) is 5.80. The van der Waals surface area contributed by atoms with Crippen LogP contribution in [-0.2, 0) is 4.79 Å². The van der Waals surface area contributed by atoms with Gasteiger partial charge in [-0.25, -0.2) is 0 Å². The second-order valence-electron chi connectivity index (χ2n) is 7.41. The van der Waals surface area contributed by atoms with Crippen LogP contribution in [0.25, 0.3) is 0 Å². The fourth-order valence-electron chi connectivity index (χ4n) is 2.78. The normalized spacial score (nSPS) is 24.6. The molecule has 1 aliphatic carbocycles. The Kier molecular flexibility index (Phi) is 5.44. The number of nitrogens with one attached hydrogen (secondary N) is 2. The van der Waals surface area contributed by atoms with E-state index < -0.39 is 0 Å². The van der Waals surface area contributed by atoms with Crippen LogP contribution in [0.5, 0.6) is 0 Å². The van der Waals surface area contributed by atoms with Crippen LogP contribution in [0.4, 0.5) is 0 Å². The fraction of sp³-hybridized carbons (Fsp3) is 0.938. The summed E-state index contributed by atoms with van der Waals surface area (Å²) in [4.78, 5) is 14.3. The lowest BCUT2D eigenvalue weighted by Crippen LogP contribution is -2.50. The molecule has 0 spiro atoms. The first-order valence-corrected chi connectivity index (χ1v) is 8.22. The first-order chi connectivity index (χ1) is 9.44. The standard InChI is InChI=1S/C16H31N3O/c1-16(2,3)17-12-14-6-4-5-10-19(14)11-9-15(20)18-13-7-8-13/h13-14,17H,4-12H2,1-3H3,(H,18,20). The lowest BCUT2D eigenvalue weighted by Gasteiger charge is -2.37. The van der Waals surface area contributed by atoms with Crippen molar-refractivity contribution in [3.63, 3.8) is 0 Å². The van der Waals surface area contributed by atoms with Crippen LogP contribution < -0.4 is 10.6 Å². The first-order valence-electron chi connectivity index (χ1n) is 8.22. The number of likely N-dealkylation sites (tertiary alicyclic amines) is 1. The number of carbonyl (C=O) groups excluding carboxylic acids is 1. The van der Waals surface area contributed by atoms with Gasteiger partial charge in [-0.3, -0.25) is 9.69 Å². The summed E-state index contributed by atoms with van der Waals surface area (Å²) >= 11 is 0. The zero-order chi connectivity index (χ0) is 14.6. The highest BCUT2D eigenvalue weighted by Gasteiger charge is 2.26. The molecule has 1 unspecified atom stereocenters. The lowest BCUT2D eigenvalue weighted by molar-refractivity contribution is -0.121. The minimum atomic E-state index is 0.173. The maximum absolute atomic E-state index is 11.8. The molecule has 1 amide bonds. The molecule has 20 heavy (non-hydrogen) atoms. The van der Waals surface area contributed by atoms with Crippen LogP contribution in [0.2, 0.25) is 0 Å². The van der Waals surface area contributed by atoms with Crippen LogP contribution in [0.15, 0.2) is 0 Å². The molecule has 1 atom stereocenters. The molecule has 0 bridgehead atoms. The summed E-state index contributed by atoms with van der Waals surface area (Å²) in [6.07, 6.45) is 6.86. The van der Waals surface area contributed by atoms with Gasteiger partial charge in [0.25, 0.3) is 0 Å². The van der Waals surface area contributed by atoms with Crippen LogP contribution in [0.3, 0.4) is 0 Å². The SMILES string of the molecule is CC(C)(C)NCC1CCCCN1CCC(=O)NC1CC1. The van der Waals surface area contributed by atoms with E-state index in [1.54, 1.807) is 0 Å². The Morgan fingerprint density at radius 3 is 2.60 bits per heavy atom. The van der Waals surface area contributed by atoms with E-state index in [4.69, 9.17) is 0 Å². The van der Waals surface area contributed by atoms with Gasteiger partial charge in [-0.1, -0.05) is 6.42 Å². The zero-order valence-corrected chi connectivity index (χ0v) is 13.4. The summed E-state index contributed by atoms with van der Waals surface area (Å²) in [7, 11) is 0. The molecule has 2 fully saturated rings. The average molecular weight is 281 g/mol. The van der Waals surface area contributed by atoms with Gasteiger partial charge in [0.05, 0.1) is 0 Å². The van der Waals surface area contributed by atoms with Crippen LogP contribution in [0.1, 0.15) is 59.3 Å². The molecule has 4 nitrogen and oxygen atoms in total. The molecule has 1 aliphatic heterocycles. The van der Waals surface area contributed by atoms with Gasteiger partial charge in [-0.15, -0.1) is 0 Å². The van der Waals surface area contributed by atoms with E-state index in [9.17, 15) is 4.79 Å². The number of rotatable bonds is 6. The van der Waals surface area contributed by atoms with Gasteiger partial charge in [0, 0.05) is 37.1 Å². The molecule has 116 valence electrons. The summed E-state index contributed by atoms with van der Waals surface area (Å²) in [5.74, 6) is 0.237. The monoisotopic (exact) mass is 281 g/mol. The average Bonchev–Trinajstić information content (AvgIpc) is 3.18. The zero-order valence-electron chi connectivity index (χ0n) is 13.4. The van der Waals surface area contributed by atoms with Crippen molar-refractivity contribution in [2.75, 3.05) is 19.6 Å². The topological polar surface area (TPSA) is 44.4 Å². The van der Waals surface area contributed by atoms with Gasteiger partial charge >= 0.3 is 0 Å². The Bertz CT molecular complexity index is 320. The quantitative estimate of drug-likeness (QED) is 0.781. The number of piperidine rings is 1. The molecule has 1 saturated carbocycles. The molecule has 1 heterocycles. The third-order valence-corrected chi connectivity index (χ3v) is 4.19. The number of carbonyl (C=O) groups is 1. The Balaban J connectivity index is 1.72. The molecule has 0 aromatic rings. The lowest BCUT2D eigenvalue weighted by atomic mass is 10.00. The largest absolute Gasteiger partial charge is 0.353 e. The van der Waals surface area contributed by atoms with E-state index in [2.05, 4.69) is 36.3 Å². The van der Waals surface area contributed by atoms with E-state index in [1.165, 1.54) is 32.1 Å². The van der Waals surface area contributed by atoms with Crippen molar-refractivity contribution in [2.24, 2.45) is 0 Å². The van der Waals surface area contributed by atoms with Crippen molar-refractivity contribution in [3.8, 4) is 0 Å². The molecule has 0 aromatic heterocycles. The van der Waals surface area contributed by atoms with Crippen LogP contribution in [0, 0.1) is 0 Å². The Labute approximate surface area is 123 Å². The van der Waals surface area contributed by atoms with E-state index in [1.807, 2.05) is 0 Å². The Morgan fingerprint density at radius 2 is 1.95 bits per heavy atom. The van der Waals surface area contributed by atoms with Crippen LogP contribution >= 0.6 is 0 Å². The van der Waals surface area contributed by atoms with E-state index in [-0.39, 0.29) is 11.4 Å². The smallest absolute Gasteiger partial charge is 0.221 e. The number of hydrogen-bond donors (Lipinski definition) is 2. The van der Waals surface area contributed by atoms with Gasteiger partial charge in [0.15, 0.2) is 0 Å². The molecular weight excluding hydrogens is 250 g/mol. The predicted molar refractivity (Wildman–Crippen MR) is 82.7 cm³/mol. The maximum atomic E-state index is 11.8. The molecule has 2 N–H and O–H groups in total. The summed E-state index contributed by atoms with van der Waals surface area (Å²) in [5, 5.41) is 6.69. The Hall–Kier alpha value is -0.610. The summed E-state index contributed by atoms with van der Waals surface area (Å²) in [5.41, 5.74) is 0.173. The number of nitrogens with zero attached hydrogens (tertiary/aromatic N) is 1. The minimum Gasteiger partial charge on any atom is -0.353 e. The number of amides is 1. The summed E-state index contributed by atoms with van der Waals surface area (Å²) < 4.78 is 0. The first kappa shape index (κ1) is 15.8. The fourth-order valence-corrected chi connectivity index (χ4v) is 2.78. The van der Waals surface area contributed by atoms with Crippen molar-refractivity contribution < 1.29 is 4.79 Å². The molecule has 4 heteroatoms. The van der Waals surface area contributed by atoms with Crippen LogP contribution in [-0.4, -0.2) is 48.1 Å². The third-order valence-electron chi connectivity index (χ3n) is 4.19. The summed E-state index contributed by atoms with van der Waals surface area (Å²) in [6.45, 7) is 9.73. The molecule has 2 rings (SSSR count). The molecule has 1 saturated heterocycles. The summed E-state index contributed by atoms with van der Waals surface area (Å²) in [6, 6.07) is 1.08. The molecule has 2 aliphatic rings. The van der Waals surface area contributed by atoms with Gasteiger partial charge in [0.1, 0.15) is 0 Å². The second kappa shape index (κ2) is 6.90. The molecular formula is C16H31N3O. The van der Waals surface area contributed by atoms with Gasteiger partial charge in [-0.05, 0) is 53.0 Å². The van der Waals surface area contributed by atoms with Gasteiger partial charge in [-0.2, -0.15) is 0 Å². The molecule has 0 radical (unpaired) electrons.